The molecule has 0 spiro atoms. The molecule has 0 saturated heterocycles. The Bertz CT molecular complexity index is 1100. The molecule has 2 aromatic rings. The number of aryl methyl sites for hydroxylation is 1. The van der Waals surface area contributed by atoms with Gasteiger partial charge in [-0.3, -0.25) is 4.79 Å². The quantitative estimate of drug-likeness (QED) is 0.658. The molecule has 7 heteroatoms. The summed E-state index contributed by atoms with van der Waals surface area (Å²) in [6.07, 6.45) is 6.75. The number of benzene rings is 1. The molecule has 33 heavy (non-hydrogen) atoms. The molecule has 0 unspecified atom stereocenters. The molecule has 180 valence electrons. The van der Waals surface area contributed by atoms with Crippen LogP contribution in [0, 0.1) is 0 Å². The van der Waals surface area contributed by atoms with Crippen molar-refractivity contribution in [1.82, 2.24) is 9.29 Å². The number of aromatic nitrogens is 1. The summed E-state index contributed by atoms with van der Waals surface area (Å²) in [4.78, 5) is 13.4. The summed E-state index contributed by atoms with van der Waals surface area (Å²) in [5, 5.41) is 0. The largest absolute Gasteiger partial charge is 0.376 e. The second-order valence-electron chi connectivity index (χ2n) is 9.93. The Kier molecular flexibility index (Phi) is 7.41. The molecule has 1 aliphatic heterocycles. The van der Waals surface area contributed by atoms with E-state index in [1.165, 1.54) is 11.8 Å². The minimum absolute atomic E-state index is 0.0242. The third-order valence-electron chi connectivity index (χ3n) is 7.17. The Morgan fingerprint density at radius 1 is 1.03 bits per heavy atom. The lowest BCUT2D eigenvalue weighted by atomic mass is 9.83. The number of fused-ring (bicyclic) bond motifs is 1. The lowest BCUT2D eigenvalue weighted by Gasteiger charge is -2.37. The van der Waals surface area contributed by atoms with Crippen molar-refractivity contribution in [1.29, 1.82) is 0 Å². The van der Waals surface area contributed by atoms with E-state index in [0.29, 0.717) is 25.4 Å². The van der Waals surface area contributed by atoms with Crippen LogP contribution in [-0.4, -0.2) is 38.0 Å². The van der Waals surface area contributed by atoms with Gasteiger partial charge in [0.25, 0.3) is 5.56 Å². The van der Waals surface area contributed by atoms with Gasteiger partial charge in [0.05, 0.1) is 25.0 Å². The average molecular weight is 473 g/mol. The molecule has 1 N–H and O–H groups in total. The maximum absolute atomic E-state index is 13.4. The van der Waals surface area contributed by atoms with Crippen LogP contribution < -0.4 is 10.3 Å². The third kappa shape index (κ3) is 5.76. The van der Waals surface area contributed by atoms with Crippen LogP contribution in [0.3, 0.4) is 0 Å². The van der Waals surface area contributed by atoms with E-state index >= 15 is 0 Å². The van der Waals surface area contributed by atoms with Crippen molar-refractivity contribution in [2.45, 2.75) is 82.4 Å². The zero-order valence-electron chi connectivity index (χ0n) is 19.9. The molecule has 4 rings (SSSR count). The molecule has 1 saturated carbocycles. The minimum atomic E-state index is -3.40. The first-order valence-corrected chi connectivity index (χ1v) is 14.0. The first-order valence-electron chi connectivity index (χ1n) is 12.1. The molecule has 2 atom stereocenters. The first-order chi connectivity index (χ1) is 15.7. The van der Waals surface area contributed by atoms with Crippen LogP contribution in [-0.2, 0) is 21.2 Å². The monoisotopic (exact) mass is 472 g/mol. The van der Waals surface area contributed by atoms with Gasteiger partial charge in [0.1, 0.15) is 0 Å². The molecule has 0 bridgehead atoms. The summed E-state index contributed by atoms with van der Waals surface area (Å²) in [6.45, 7) is 4.35. The lowest BCUT2D eigenvalue weighted by Crippen LogP contribution is -2.50. The highest BCUT2D eigenvalue weighted by atomic mass is 32.2. The van der Waals surface area contributed by atoms with Crippen LogP contribution in [0.2, 0.25) is 0 Å². The third-order valence-corrected chi connectivity index (χ3v) is 7.90. The normalized spacial score (nSPS) is 25.7. The van der Waals surface area contributed by atoms with E-state index < -0.39 is 10.0 Å². The van der Waals surface area contributed by atoms with Crippen LogP contribution in [0.25, 0.3) is 0 Å². The fraction of sp³-hybridized carbons (Fsp3) is 0.577. The number of nitrogens with one attached hydrogen (secondary N) is 1. The maximum Gasteiger partial charge on any atom is 0.254 e. The number of sulfonamides is 1. The van der Waals surface area contributed by atoms with E-state index in [1.807, 2.05) is 32.0 Å². The molecule has 1 fully saturated rings. The van der Waals surface area contributed by atoms with E-state index in [2.05, 4.69) is 29.0 Å². The van der Waals surface area contributed by atoms with Crippen molar-refractivity contribution < 1.29 is 13.2 Å². The SMILES string of the molecule is CC(C)c1ccc2n(c1=O)[C@@H](COC1CCC(c3ccccc3)CC1)[C@@H](NS(C)(=O)=O)CC2. The van der Waals surface area contributed by atoms with Crippen molar-refractivity contribution in [3.8, 4) is 0 Å². The molecular formula is C26H36N2O4S. The Labute approximate surface area is 197 Å². The van der Waals surface area contributed by atoms with E-state index in [4.69, 9.17) is 4.74 Å². The van der Waals surface area contributed by atoms with E-state index in [-0.39, 0.29) is 29.7 Å². The average Bonchev–Trinajstić information content (AvgIpc) is 2.78. The summed E-state index contributed by atoms with van der Waals surface area (Å²) in [6, 6.07) is 13.9. The van der Waals surface area contributed by atoms with E-state index in [0.717, 1.165) is 36.9 Å². The molecule has 0 amide bonds. The summed E-state index contributed by atoms with van der Waals surface area (Å²) >= 11 is 0. The molecule has 1 aromatic heterocycles. The van der Waals surface area contributed by atoms with Crippen LogP contribution in [0.15, 0.2) is 47.3 Å². The Morgan fingerprint density at radius 2 is 1.73 bits per heavy atom. The minimum Gasteiger partial charge on any atom is -0.376 e. The molecule has 2 aliphatic rings. The van der Waals surface area contributed by atoms with Gasteiger partial charge in [-0.1, -0.05) is 50.2 Å². The summed E-state index contributed by atoms with van der Waals surface area (Å²) in [5.41, 5.74) is 3.08. The summed E-state index contributed by atoms with van der Waals surface area (Å²) in [7, 11) is -3.40. The molecular weight excluding hydrogens is 436 g/mol. The second kappa shape index (κ2) is 10.1. The zero-order valence-corrected chi connectivity index (χ0v) is 20.7. The number of pyridine rings is 1. The maximum atomic E-state index is 13.4. The molecule has 0 radical (unpaired) electrons. The Morgan fingerprint density at radius 3 is 2.36 bits per heavy atom. The summed E-state index contributed by atoms with van der Waals surface area (Å²) in [5.74, 6) is 0.672. The van der Waals surface area contributed by atoms with Gasteiger partial charge in [0, 0.05) is 17.3 Å². The van der Waals surface area contributed by atoms with Crippen molar-refractivity contribution in [2.24, 2.45) is 0 Å². The molecule has 1 aliphatic carbocycles. The van der Waals surface area contributed by atoms with Gasteiger partial charge in [-0.15, -0.1) is 0 Å². The zero-order chi connectivity index (χ0) is 23.6. The number of hydrogen-bond acceptors (Lipinski definition) is 4. The topological polar surface area (TPSA) is 77.4 Å². The van der Waals surface area contributed by atoms with E-state index in [9.17, 15) is 13.2 Å². The van der Waals surface area contributed by atoms with Crippen LogP contribution in [0.1, 0.15) is 80.7 Å². The van der Waals surface area contributed by atoms with Gasteiger partial charge in [0.15, 0.2) is 0 Å². The number of nitrogens with zero attached hydrogens (tertiary/aromatic N) is 1. The van der Waals surface area contributed by atoms with Gasteiger partial charge in [-0.05, 0) is 62.0 Å². The highest BCUT2D eigenvalue weighted by Crippen LogP contribution is 2.35. The van der Waals surface area contributed by atoms with Gasteiger partial charge >= 0.3 is 0 Å². The van der Waals surface area contributed by atoms with Crippen molar-refractivity contribution >= 4 is 10.0 Å². The second-order valence-corrected chi connectivity index (χ2v) is 11.7. The van der Waals surface area contributed by atoms with Crippen molar-refractivity contribution in [3.63, 3.8) is 0 Å². The van der Waals surface area contributed by atoms with Gasteiger partial charge in [0.2, 0.25) is 10.0 Å². The van der Waals surface area contributed by atoms with Crippen molar-refractivity contribution in [2.75, 3.05) is 12.9 Å². The molecule has 1 aromatic carbocycles. The van der Waals surface area contributed by atoms with Crippen LogP contribution in [0.5, 0.6) is 0 Å². The first kappa shape index (κ1) is 24.2. The standard InChI is InChI=1S/C26H36N2O4S/c1-18(2)23-15-11-21-12-16-24(27-33(3,30)31)25(28(21)26(23)29)17-32-22-13-9-20(10-14-22)19-7-5-4-6-8-19/h4-8,11,15,18,20,22,24-25,27H,9-10,12-14,16-17H2,1-3H3/t20?,22?,24-,25-/m0/s1. The van der Waals surface area contributed by atoms with Gasteiger partial charge < -0.3 is 9.30 Å². The molecule has 6 nitrogen and oxygen atoms in total. The number of hydrogen-bond donors (Lipinski definition) is 1. The Hall–Kier alpha value is -1.96. The van der Waals surface area contributed by atoms with E-state index in [1.54, 1.807) is 4.57 Å². The fourth-order valence-corrected chi connectivity index (χ4v) is 6.24. The predicted octanol–water partition coefficient (Wildman–Crippen LogP) is 4.12. The summed E-state index contributed by atoms with van der Waals surface area (Å²) < 4.78 is 35.1. The lowest BCUT2D eigenvalue weighted by molar-refractivity contribution is -0.00171. The highest BCUT2D eigenvalue weighted by molar-refractivity contribution is 7.88. The molecule has 2 heterocycles. The Balaban J connectivity index is 1.50. The van der Waals surface area contributed by atoms with Gasteiger partial charge in [-0.2, -0.15) is 0 Å². The predicted molar refractivity (Wildman–Crippen MR) is 131 cm³/mol. The van der Waals surface area contributed by atoms with Crippen LogP contribution in [0.4, 0.5) is 0 Å². The fourth-order valence-electron chi connectivity index (χ4n) is 5.42. The van der Waals surface area contributed by atoms with Crippen molar-refractivity contribution in [3.05, 3.63) is 69.6 Å². The van der Waals surface area contributed by atoms with Gasteiger partial charge in [-0.25, -0.2) is 13.1 Å². The number of ether oxygens (including phenoxy) is 1. The smallest absolute Gasteiger partial charge is 0.254 e. The number of rotatable bonds is 7. The highest BCUT2D eigenvalue weighted by Gasteiger charge is 2.34. The van der Waals surface area contributed by atoms with Crippen LogP contribution >= 0.6 is 0 Å².